The van der Waals surface area contributed by atoms with Crippen molar-refractivity contribution in [2.24, 2.45) is 0 Å². The fourth-order valence-corrected chi connectivity index (χ4v) is 5.35. The minimum atomic E-state index is 1.01. The summed E-state index contributed by atoms with van der Waals surface area (Å²) in [6, 6.07) is 17.2. The summed E-state index contributed by atoms with van der Waals surface area (Å²) in [6.07, 6.45) is 6.69. The van der Waals surface area contributed by atoms with Crippen molar-refractivity contribution in [3.63, 3.8) is 0 Å². The summed E-state index contributed by atoms with van der Waals surface area (Å²) in [4.78, 5) is 5.02. The largest absolute Gasteiger partial charge is 0.346 e. The highest BCUT2D eigenvalue weighted by atomic mass is 32.2. The molecule has 0 unspecified atom stereocenters. The molecule has 0 radical (unpaired) electrons. The van der Waals surface area contributed by atoms with Gasteiger partial charge < -0.3 is 4.90 Å². The van der Waals surface area contributed by atoms with Crippen LogP contribution in [0.4, 0.5) is 11.4 Å². The number of nitrogens with zero attached hydrogens (tertiary/aromatic N) is 2. The van der Waals surface area contributed by atoms with Gasteiger partial charge in [0.2, 0.25) is 5.69 Å². The van der Waals surface area contributed by atoms with Crippen LogP contribution in [0.2, 0.25) is 0 Å². The maximum Gasteiger partial charge on any atom is 0.218 e. The Morgan fingerprint density at radius 1 is 0.960 bits per heavy atom. The third-order valence-electron chi connectivity index (χ3n) is 4.64. The molecule has 126 valence electrons. The molecule has 2 aromatic rings. The van der Waals surface area contributed by atoms with Crippen LogP contribution in [0.1, 0.15) is 0 Å². The van der Waals surface area contributed by atoms with Crippen molar-refractivity contribution in [3.05, 3.63) is 72.5 Å². The Hall–Kier alpha value is -1.91. The molecule has 25 heavy (non-hydrogen) atoms. The Bertz CT molecular complexity index is 896. The van der Waals surface area contributed by atoms with E-state index in [4.69, 9.17) is 0 Å². The number of anilines is 1. The highest BCUT2D eigenvalue weighted by Crippen LogP contribution is 2.37. The van der Waals surface area contributed by atoms with Crippen LogP contribution in [0.3, 0.4) is 0 Å². The summed E-state index contributed by atoms with van der Waals surface area (Å²) >= 11 is 3.83. The number of fused-ring (bicyclic) bond motifs is 2. The molecule has 4 rings (SSSR count). The molecular weight excluding hydrogens is 344 g/mol. The van der Waals surface area contributed by atoms with E-state index < -0.39 is 0 Å². The van der Waals surface area contributed by atoms with E-state index in [1.165, 1.54) is 32.6 Å². The molecule has 2 aliphatic heterocycles. The maximum absolute atomic E-state index is 2.30. The SMILES string of the molecule is CN1/C(=C/C=C/C2=[N+](C)c3ccccc3SC2)CSc2ccccc21. The van der Waals surface area contributed by atoms with Crippen molar-refractivity contribution >= 4 is 40.6 Å². The van der Waals surface area contributed by atoms with E-state index in [0.29, 0.717) is 0 Å². The van der Waals surface area contributed by atoms with Crippen molar-refractivity contribution in [1.82, 2.24) is 0 Å². The summed E-state index contributed by atoms with van der Waals surface area (Å²) in [5, 5.41) is 0. The molecule has 2 aliphatic rings. The number of para-hydroxylation sites is 2. The predicted molar refractivity (Wildman–Crippen MR) is 111 cm³/mol. The minimum absolute atomic E-state index is 1.01. The third kappa shape index (κ3) is 3.29. The lowest BCUT2D eigenvalue weighted by atomic mass is 10.2. The first kappa shape index (κ1) is 16.6. The zero-order valence-corrected chi connectivity index (χ0v) is 16.1. The van der Waals surface area contributed by atoms with E-state index in [1.54, 1.807) is 0 Å². The molecule has 2 nitrogen and oxygen atoms in total. The van der Waals surface area contributed by atoms with Crippen molar-refractivity contribution < 1.29 is 4.58 Å². The monoisotopic (exact) mass is 365 g/mol. The van der Waals surface area contributed by atoms with E-state index in [0.717, 1.165) is 11.5 Å². The molecule has 2 heterocycles. The molecule has 0 bridgehead atoms. The number of hydrogen-bond donors (Lipinski definition) is 0. The highest BCUT2D eigenvalue weighted by Gasteiger charge is 2.22. The molecule has 0 aliphatic carbocycles. The smallest absolute Gasteiger partial charge is 0.218 e. The number of allylic oxidation sites excluding steroid dienone is 3. The van der Waals surface area contributed by atoms with E-state index in [-0.39, 0.29) is 0 Å². The van der Waals surface area contributed by atoms with E-state index in [9.17, 15) is 0 Å². The number of benzene rings is 2. The maximum atomic E-state index is 2.30. The average Bonchev–Trinajstić information content (AvgIpc) is 2.66. The fraction of sp³-hybridized carbons (Fsp3) is 0.190. The topological polar surface area (TPSA) is 6.25 Å². The standard InChI is InChI=1S/C21H21N2S2/c1-22-16(14-24-20-12-5-3-10-18(20)22)8-7-9-17-15-25-21-13-6-4-11-19(21)23(17)2/h3-13H,14-15H2,1-2H3/q+1. The van der Waals surface area contributed by atoms with Gasteiger partial charge in [0.15, 0.2) is 5.71 Å². The van der Waals surface area contributed by atoms with Gasteiger partial charge in [-0.2, -0.15) is 4.58 Å². The summed E-state index contributed by atoms with van der Waals surface area (Å²) < 4.78 is 2.30. The van der Waals surface area contributed by atoms with Crippen LogP contribution in [0.15, 0.2) is 82.2 Å². The second-order valence-corrected chi connectivity index (χ2v) is 8.17. The van der Waals surface area contributed by atoms with E-state index in [2.05, 4.69) is 90.3 Å². The van der Waals surface area contributed by atoms with Crippen molar-refractivity contribution in [3.8, 4) is 0 Å². The summed E-state index contributed by atoms with van der Waals surface area (Å²) in [5.74, 6) is 2.03. The molecular formula is C21H21N2S2+. The van der Waals surface area contributed by atoms with Gasteiger partial charge in [0.1, 0.15) is 7.05 Å². The Labute approximate surface area is 157 Å². The van der Waals surface area contributed by atoms with Crippen LogP contribution in [-0.2, 0) is 0 Å². The van der Waals surface area contributed by atoms with Crippen LogP contribution in [0, 0.1) is 0 Å². The summed E-state index contributed by atoms with van der Waals surface area (Å²) in [5.41, 5.74) is 5.27. The minimum Gasteiger partial charge on any atom is -0.346 e. The van der Waals surface area contributed by atoms with Gasteiger partial charge in [-0.15, -0.1) is 23.5 Å². The second kappa shape index (κ2) is 7.14. The van der Waals surface area contributed by atoms with Crippen molar-refractivity contribution in [2.75, 3.05) is 30.5 Å². The van der Waals surface area contributed by atoms with Gasteiger partial charge in [0, 0.05) is 35.5 Å². The van der Waals surface area contributed by atoms with Gasteiger partial charge in [0.25, 0.3) is 0 Å². The Morgan fingerprint density at radius 2 is 1.68 bits per heavy atom. The molecule has 0 aromatic heterocycles. The van der Waals surface area contributed by atoms with Gasteiger partial charge in [-0.25, -0.2) is 0 Å². The lowest BCUT2D eigenvalue weighted by Gasteiger charge is -2.29. The fourth-order valence-electron chi connectivity index (χ4n) is 3.11. The first-order valence-corrected chi connectivity index (χ1v) is 10.4. The molecule has 0 spiro atoms. The van der Waals surface area contributed by atoms with Gasteiger partial charge in [-0.3, -0.25) is 0 Å². The molecule has 0 amide bonds. The van der Waals surface area contributed by atoms with Gasteiger partial charge in [-0.1, -0.05) is 30.3 Å². The van der Waals surface area contributed by atoms with E-state index >= 15 is 0 Å². The van der Waals surface area contributed by atoms with Crippen LogP contribution >= 0.6 is 23.5 Å². The third-order valence-corrected chi connectivity index (χ3v) is 6.84. The normalized spacial score (nSPS) is 18.6. The van der Waals surface area contributed by atoms with Crippen LogP contribution in [-0.4, -0.2) is 35.9 Å². The summed E-state index contributed by atoms with van der Waals surface area (Å²) in [7, 11) is 4.31. The molecule has 0 N–H and O–H groups in total. The first-order chi connectivity index (χ1) is 12.2. The van der Waals surface area contributed by atoms with Crippen molar-refractivity contribution in [2.45, 2.75) is 9.79 Å². The molecule has 0 fully saturated rings. The molecule has 0 atom stereocenters. The summed E-state index contributed by atoms with van der Waals surface area (Å²) in [6.45, 7) is 0. The van der Waals surface area contributed by atoms with E-state index in [1.807, 2.05) is 23.5 Å². The molecule has 0 saturated carbocycles. The van der Waals surface area contributed by atoms with Crippen LogP contribution in [0.5, 0.6) is 0 Å². The first-order valence-electron chi connectivity index (χ1n) is 8.38. The van der Waals surface area contributed by atoms with Gasteiger partial charge in [-0.05, 0) is 24.3 Å². The number of thioether (sulfide) groups is 2. The molecule has 0 saturated heterocycles. The zero-order chi connectivity index (χ0) is 17.2. The quantitative estimate of drug-likeness (QED) is 0.676. The number of rotatable bonds is 2. The average molecular weight is 366 g/mol. The molecule has 4 heteroatoms. The predicted octanol–water partition coefficient (Wildman–Crippen LogP) is 5.19. The van der Waals surface area contributed by atoms with Crippen LogP contribution < -0.4 is 4.90 Å². The Kier molecular flexibility index (Phi) is 4.73. The highest BCUT2D eigenvalue weighted by molar-refractivity contribution is 8.00. The Balaban J connectivity index is 1.56. The van der Waals surface area contributed by atoms with Gasteiger partial charge in [0.05, 0.1) is 16.3 Å². The van der Waals surface area contributed by atoms with Gasteiger partial charge >= 0.3 is 0 Å². The second-order valence-electron chi connectivity index (χ2n) is 6.14. The lowest BCUT2D eigenvalue weighted by molar-refractivity contribution is -0.407. The Morgan fingerprint density at radius 3 is 2.56 bits per heavy atom. The molecule has 2 aromatic carbocycles. The van der Waals surface area contributed by atoms with Crippen molar-refractivity contribution in [1.29, 1.82) is 0 Å². The number of hydrogen-bond acceptors (Lipinski definition) is 3. The lowest BCUT2D eigenvalue weighted by Crippen LogP contribution is -2.22. The van der Waals surface area contributed by atoms with Crippen LogP contribution in [0.25, 0.3) is 0 Å². The zero-order valence-electron chi connectivity index (χ0n) is 14.5.